The molecule has 0 radical (unpaired) electrons. The van der Waals surface area contributed by atoms with Crippen molar-refractivity contribution in [2.24, 2.45) is 0 Å². The molecule has 4 nitrogen and oxygen atoms in total. The van der Waals surface area contributed by atoms with Crippen molar-refractivity contribution >= 4 is 34.7 Å². The van der Waals surface area contributed by atoms with Gasteiger partial charge >= 0.3 is 0 Å². The zero-order valence-electron chi connectivity index (χ0n) is 15.5. The van der Waals surface area contributed by atoms with E-state index < -0.39 is 0 Å². The quantitative estimate of drug-likeness (QED) is 0.615. The molecule has 0 aliphatic carbocycles. The van der Waals surface area contributed by atoms with Crippen molar-refractivity contribution in [3.05, 3.63) is 58.1 Å². The zero-order chi connectivity index (χ0) is 19.0. The summed E-state index contributed by atoms with van der Waals surface area (Å²) in [7, 11) is 4.08. The number of hydrogen-bond donors (Lipinski definition) is 1. The van der Waals surface area contributed by atoms with Gasteiger partial charge in [-0.1, -0.05) is 35.3 Å². The molecule has 3 aromatic rings. The summed E-state index contributed by atoms with van der Waals surface area (Å²) in [5, 5.41) is 9.77. The molecule has 1 aliphatic rings. The Balaban J connectivity index is 1.88. The van der Waals surface area contributed by atoms with Gasteiger partial charge in [-0.2, -0.15) is 5.10 Å². The number of rotatable bonds is 3. The van der Waals surface area contributed by atoms with Crippen LogP contribution in [-0.4, -0.2) is 30.4 Å². The standard InChI is InChI=1S/C21H22Cl2N4/c1-26(2)16-9-6-14(7-10-16)20-17-5-3-4-12-24-21(17)27(25-20)19-13-15(22)8-11-18(19)23/h6-11,13,24H,3-5,12H2,1-2H3. The Kier molecular flexibility index (Phi) is 5.02. The Hall–Kier alpha value is -2.17. The Bertz CT molecular complexity index is 961. The van der Waals surface area contributed by atoms with Crippen LogP contribution in [0.4, 0.5) is 11.5 Å². The largest absolute Gasteiger partial charge is 0.378 e. The van der Waals surface area contributed by atoms with E-state index in [2.05, 4.69) is 34.5 Å². The molecule has 0 fully saturated rings. The van der Waals surface area contributed by atoms with Crippen LogP contribution in [0.25, 0.3) is 16.9 Å². The third kappa shape index (κ3) is 3.52. The van der Waals surface area contributed by atoms with E-state index >= 15 is 0 Å². The number of hydrogen-bond acceptors (Lipinski definition) is 3. The predicted octanol–water partition coefficient (Wildman–Crippen LogP) is 5.66. The van der Waals surface area contributed by atoms with Crippen molar-refractivity contribution in [2.75, 3.05) is 30.9 Å². The maximum Gasteiger partial charge on any atom is 0.133 e. The van der Waals surface area contributed by atoms with Crippen LogP contribution in [0.5, 0.6) is 0 Å². The fourth-order valence-electron chi connectivity index (χ4n) is 3.47. The first-order chi connectivity index (χ1) is 13.0. The molecule has 0 saturated carbocycles. The van der Waals surface area contributed by atoms with Crippen LogP contribution in [-0.2, 0) is 6.42 Å². The van der Waals surface area contributed by atoms with Gasteiger partial charge in [0.15, 0.2) is 0 Å². The van der Waals surface area contributed by atoms with Crippen molar-refractivity contribution in [1.29, 1.82) is 0 Å². The van der Waals surface area contributed by atoms with E-state index in [-0.39, 0.29) is 0 Å². The highest BCUT2D eigenvalue weighted by Crippen LogP contribution is 2.36. The second-order valence-electron chi connectivity index (χ2n) is 7.01. The van der Waals surface area contributed by atoms with E-state index in [4.69, 9.17) is 28.3 Å². The van der Waals surface area contributed by atoms with Gasteiger partial charge in [-0.3, -0.25) is 0 Å². The highest BCUT2D eigenvalue weighted by molar-refractivity contribution is 6.34. The molecule has 27 heavy (non-hydrogen) atoms. The molecule has 0 amide bonds. The molecule has 0 unspecified atom stereocenters. The van der Waals surface area contributed by atoms with E-state index in [0.29, 0.717) is 10.0 Å². The van der Waals surface area contributed by atoms with Gasteiger partial charge in [-0.15, -0.1) is 0 Å². The van der Waals surface area contributed by atoms with Gasteiger partial charge in [-0.05, 0) is 49.6 Å². The summed E-state index contributed by atoms with van der Waals surface area (Å²) in [5.74, 6) is 1.02. The van der Waals surface area contributed by atoms with Crippen molar-refractivity contribution in [3.63, 3.8) is 0 Å². The minimum absolute atomic E-state index is 0.630. The summed E-state index contributed by atoms with van der Waals surface area (Å²) in [6, 6.07) is 14.0. The van der Waals surface area contributed by atoms with Crippen LogP contribution in [0.15, 0.2) is 42.5 Å². The van der Waals surface area contributed by atoms with E-state index in [9.17, 15) is 0 Å². The second kappa shape index (κ2) is 7.45. The van der Waals surface area contributed by atoms with Crippen molar-refractivity contribution in [3.8, 4) is 16.9 Å². The molecule has 0 saturated heterocycles. The number of halogens is 2. The number of benzene rings is 2. The van der Waals surface area contributed by atoms with Crippen LogP contribution in [0.1, 0.15) is 18.4 Å². The summed E-state index contributed by atoms with van der Waals surface area (Å²) >= 11 is 12.7. The average molecular weight is 401 g/mol. The first kappa shape index (κ1) is 18.2. The molecule has 140 valence electrons. The summed E-state index contributed by atoms with van der Waals surface area (Å²) in [5.41, 5.74) is 5.31. The van der Waals surface area contributed by atoms with E-state index in [0.717, 1.165) is 48.6 Å². The van der Waals surface area contributed by atoms with Gasteiger partial charge in [0.05, 0.1) is 16.4 Å². The monoisotopic (exact) mass is 400 g/mol. The number of nitrogens with one attached hydrogen (secondary N) is 1. The van der Waals surface area contributed by atoms with E-state index in [1.807, 2.05) is 30.9 Å². The first-order valence-corrected chi connectivity index (χ1v) is 9.89. The number of fused-ring (bicyclic) bond motifs is 1. The summed E-state index contributed by atoms with van der Waals surface area (Å²) in [6.45, 7) is 0.926. The van der Waals surface area contributed by atoms with Crippen LogP contribution < -0.4 is 10.2 Å². The SMILES string of the molecule is CN(C)c1ccc(-c2nn(-c3cc(Cl)ccc3Cl)c3c2CCCCN3)cc1. The third-order valence-corrected chi connectivity index (χ3v) is 5.48. The average Bonchev–Trinajstić information content (AvgIpc) is 2.85. The normalized spacial score (nSPS) is 13.6. The van der Waals surface area contributed by atoms with Gasteiger partial charge in [0.1, 0.15) is 5.82 Å². The lowest BCUT2D eigenvalue weighted by molar-refractivity contribution is 0.780. The molecular weight excluding hydrogens is 379 g/mol. The van der Waals surface area contributed by atoms with Crippen molar-refractivity contribution < 1.29 is 0 Å². The lowest BCUT2D eigenvalue weighted by Crippen LogP contribution is -2.08. The van der Waals surface area contributed by atoms with Crippen molar-refractivity contribution in [1.82, 2.24) is 9.78 Å². The van der Waals surface area contributed by atoms with Crippen molar-refractivity contribution in [2.45, 2.75) is 19.3 Å². The maximum atomic E-state index is 6.47. The fourth-order valence-corrected chi connectivity index (χ4v) is 3.84. The Morgan fingerprint density at radius 2 is 1.81 bits per heavy atom. The summed E-state index contributed by atoms with van der Waals surface area (Å²) in [4.78, 5) is 2.09. The molecule has 0 spiro atoms. The first-order valence-electron chi connectivity index (χ1n) is 9.13. The maximum absolute atomic E-state index is 6.47. The molecule has 0 atom stereocenters. The molecular formula is C21H22Cl2N4. The topological polar surface area (TPSA) is 33.1 Å². The van der Waals surface area contributed by atoms with Crippen LogP contribution in [0, 0.1) is 0 Å². The summed E-state index contributed by atoms with van der Waals surface area (Å²) < 4.78 is 1.91. The zero-order valence-corrected chi connectivity index (χ0v) is 17.0. The lowest BCUT2D eigenvalue weighted by atomic mass is 10.0. The molecule has 4 rings (SSSR count). The molecule has 2 aromatic carbocycles. The van der Waals surface area contributed by atoms with Crippen LogP contribution >= 0.6 is 23.2 Å². The molecule has 1 aromatic heterocycles. The number of aromatic nitrogens is 2. The summed E-state index contributed by atoms with van der Waals surface area (Å²) in [6.07, 6.45) is 3.26. The van der Waals surface area contributed by atoms with Gasteiger partial charge in [0.25, 0.3) is 0 Å². The third-order valence-electron chi connectivity index (χ3n) is 4.92. The van der Waals surface area contributed by atoms with Gasteiger partial charge in [0, 0.05) is 42.5 Å². The fraction of sp³-hybridized carbons (Fsp3) is 0.286. The Morgan fingerprint density at radius 3 is 2.56 bits per heavy atom. The molecule has 6 heteroatoms. The highest BCUT2D eigenvalue weighted by Gasteiger charge is 2.22. The van der Waals surface area contributed by atoms with Crippen LogP contribution in [0.3, 0.4) is 0 Å². The Morgan fingerprint density at radius 1 is 1.04 bits per heavy atom. The minimum Gasteiger partial charge on any atom is -0.378 e. The number of anilines is 2. The Labute approximate surface area is 169 Å². The molecule has 1 aliphatic heterocycles. The van der Waals surface area contributed by atoms with E-state index in [1.54, 1.807) is 6.07 Å². The van der Waals surface area contributed by atoms with E-state index in [1.165, 1.54) is 11.3 Å². The predicted molar refractivity (Wildman–Crippen MR) is 115 cm³/mol. The molecule has 2 heterocycles. The lowest BCUT2D eigenvalue weighted by Gasteiger charge is -2.12. The second-order valence-corrected chi connectivity index (χ2v) is 7.85. The minimum atomic E-state index is 0.630. The highest BCUT2D eigenvalue weighted by atomic mass is 35.5. The van der Waals surface area contributed by atoms with Gasteiger partial charge in [0.2, 0.25) is 0 Å². The van der Waals surface area contributed by atoms with Gasteiger partial charge in [-0.25, -0.2) is 4.68 Å². The van der Waals surface area contributed by atoms with Crippen LogP contribution in [0.2, 0.25) is 10.0 Å². The molecule has 0 bridgehead atoms. The number of nitrogens with zero attached hydrogens (tertiary/aromatic N) is 3. The van der Waals surface area contributed by atoms with Gasteiger partial charge < -0.3 is 10.2 Å². The smallest absolute Gasteiger partial charge is 0.133 e. The molecule has 1 N–H and O–H groups in total.